The Labute approximate surface area is 130 Å². The van der Waals surface area contributed by atoms with Gasteiger partial charge in [0.15, 0.2) is 6.04 Å². The van der Waals surface area contributed by atoms with Crippen LogP contribution in [0.1, 0.15) is 49.3 Å². The Bertz CT molecular complexity index is 633. The van der Waals surface area contributed by atoms with E-state index in [0.717, 1.165) is 36.8 Å². The minimum atomic E-state index is -0.915. The summed E-state index contributed by atoms with van der Waals surface area (Å²) in [5.74, 6) is -0.771. The standard InChI is InChI=1S/C18H21NO3/c20-16(14-11-18(14)8-3-4-9-18)19-10-7-12-5-1-2-6-13(12)15(19)17(21)22/h1-2,5-6,14-15H,3-4,7-11H2,(H,21,22). The van der Waals surface area contributed by atoms with Crippen molar-refractivity contribution >= 4 is 11.9 Å². The molecule has 116 valence electrons. The van der Waals surface area contributed by atoms with Gasteiger partial charge in [-0.15, -0.1) is 0 Å². The number of carboxylic acids is 1. The second kappa shape index (κ2) is 4.83. The number of hydrogen-bond acceptors (Lipinski definition) is 2. The molecule has 2 fully saturated rings. The van der Waals surface area contributed by atoms with E-state index >= 15 is 0 Å². The topological polar surface area (TPSA) is 57.6 Å². The fourth-order valence-electron chi connectivity index (χ4n) is 4.60. The molecule has 4 heteroatoms. The number of nitrogens with zero attached hydrogens (tertiary/aromatic N) is 1. The molecule has 1 aliphatic heterocycles. The second-order valence-electron chi connectivity index (χ2n) is 7.05. The molecule has 1 aromatic carbocycles. The average Bonchev–Trinajstić information content (AvgIpc) is 3.02. The summed E-state index contributed by atoms with van der Waals surface area (Å²) in [5.41, 5.74) is 2.07. The maximum Gasteiger partial charge on any atom is 0.331 e. The fourth-order valence-corrected chi connectivity index (χ4v) is 4.60. The molecule has 0 bridgehead atoms. The molecule has 2 atom stereocenters. The van der Waals surface area contributed by atoms with Gasteiger partial charge < -0.3 is 10.0 Å². The van der Waals surface area contributed by atoms with Gasteiger partial charge in [0, 0.05) is 12.5 Å². The van der Waals surface area contributed by atoms with Gasteiger partial charge >= 0.3 is 5.97 Å². The van der Waals surface area contributed by atoms with Gasteiger partial charge in [0.05, 0.1) is 0 Å². The highest BCUT2D eigenvalue weighted by Crippen LogP contribution is 2.63. The molecular weight excluding hydrogens is 278 g/mol. The zero-order valence-electron chi connectivity index (χ0n) is 12.6. The molecule has 1 amide bonds. The van der Waals surface area contributed by atoms with Crippen LogP contribution in [0.3, 0.4) is 0 Å². The maximum atomic E-state index is 12.9. The Morgan fingerprint density at radius 3 is 2.64 bits per heavy atom. The Balaban J connectivity index is 1.62. The summed E-state index contributed by atoms with van der Waals surface area (Å²) in [6.45, 7) is 0.527. The number of carbonyl (C=O) groups excluding carboxylic acids is 1. The van der Waals surface area contributed by atoms with Crippen LogP contribution in [0.15, 0.2) is 24.3 Å². The lowest BCUT2D eigenvalue weighted by Gasteiger charge is -2.35. The van der Waals surface area contributed by atoms with Crippen molar-refractivity contribution in [3.05, 3.63) is 35.4 Å². The van der Waals surface area contributed by atoms with E-state index in [0.29, 0.717) is 6.54 Å². The molecule has 1 aromatic rings. The van der Waals surface area contributed by atoms with Crippen molar-refractivity contribution in [1.29, 1.82) is 0 Å². The van der Waals surface area contributed by atoms with E-state index in [4.69, 9.17) is 0 Å². The van der Waals surface area contributed by atoms with Crippen LogP contribution in [0.4, 0.5) is 0 Å². The largest absolute Gasteiger partial charge is 0.479 e. The SMILES string of the molecule is O=C(O)C1c2ccccc2CCN1C(=O)C1CC12CCCC2. The molecule has 3 aliphatic rings. The lowest BCUT2D eigenvalue weighted by Crippen LogP contribution is -2.44. The van der Waals surface area contributed by atoms with Crippen LogP contribution in [0.5, 0.6) is 0 Å². The molecule has 2 aliphatic carbocycles. The van der Waals surface area contributed by atoms with Crippen molar-refractivity contribution in [1.82, 2.24) is 4.90 Å². The number of amides is 1. The highest BCUT2D eigenvalue weighted by molar-refractivity contribution is 5.89. The Kier molecular flexibility index (Phi) is 3.03. The number of carbonyl (C=O) groups is 2. The van der Waals surface area contributed by atoms with Gasteiger partial charge in [-0.2, -0.15) is 0 Å². The van der Waals surface area contributed by atoms with E-state index in [1.807, 2.05) is 24.3 Å². The summed E-state index contributed by atoms with van der Waals surface area (Å²) in [4.78, 5) is 26.3. The van der Waals surface area contributed by atoms with Gasteiger partial charge in [-0.1, -0.05) is 37.1 Å². The third kappa shape index (κ3) is 1.97. The van der Waals surface area contributed by atoms with Crippen LogP contribution in [-0.2, 0) is 16.0 Å². The first-order valence-electron chi connectivity index (χ1n) is 8.23. The molecule has 2 unspecified atom stereocenters. The zero-order chi connectivity index (χ0) is 15.3. The number of fused-ring (bicyclic) bond motifs is 1. The molecule has 22 heavy (non-hydrogen) atoms. The number of carboxylic acid groups (broad SMARTS) is 1. The van der Waals surface area contributed by atoms with Crippen LogP contribution in [0, 0.1) is 11.3 Å². The number of rotatable bonds is 2. The maximum absolute atomic E-state index is 12.9. The quantitative estimate of drug-likeness (QED) is 0.913. The van der Waals surface area contributed by atoms with E-state index in [9.17, 15) is 14.7 Å². The van der Waals surface area contributed by atoms with Gasteiger partial charge in [0.1, 0.15) is 0 Å². The van der Waals surface area contributed by atoms with Gasteiger partial charge in [0.25, 0.3) is 0 Å². The van der Waals surface area contributed by atoms with Gasteiger partial charge in [-0.3, -0.25) is 4.79 Å². The highest BCUT2D eigenvalue weighted by atomic mass is 16.4. The average molecular weight is 299 g/mol. The summed E-state index contributed by atoms with van der Waals surface area (Å²) in [6.07, 6.45) is 6.45. The number of hydrogen-bond donors (Lipinski definition) is 1. The first-order chi connectivity index (χ1) is 10.6. The summed E-state index contributed by atoms with van der Waals surface area (Å²) in [5, 5.41) is 9.67. The summed E-state index contributed by atoms with van der Waals surface area (Å²) < 4.78 is 0. The minimum Gasteiger partial charge on any atom is -0.479 e. The fraction of sp³-hybridized carbons (Fsp3) is 0.556. The second-order valence-corrected chi connectivity index (χ2v) is 7.05. The molecule has 0 saturated heterocycles. The highest BCUT2D eigenvalue weighted by Gasteiger charge is 2.60. The first-order valence-corrected chi connectivity index (χ1v) is 8.23. The summed E-state index contributed by atoms with van der Waals surface area (Å²) in [6, 6.07) is 6.81. The number of benzene rings is 1. The lowest BCUT2D eigenvalue weighted by atomic mass is 9.91. The molecule has 4 nitrogen and oxygen atoms in total. The summed E-state index contributed by atoms with van der Waals surface area (Å²) in [7, 11) is 0. The third-order valence-corrected chi connectivity index (χ3v) is 5.89. The van der Waals surface area contributed by atoms with E-state index in [1.165, 1.54) is 12.8 Å². The van der Waals surface area contributed by atoms with Gasteiger partial charge in [-0.05, 0) is 42.2 Å². The molecule has 0 radical (unpaired) electrons. The van der Waals surface area contributed by atoms with Crippen molar-refractivity contribution in [2.24, 2.45) is 11.3 Å². The predicted octanol–water partition coefficient (Wildman–Crippen LogP) is 2.78. The molecule has 1 N–H and O–H groups in total. The van der Waals surface area contributed by atoms with Crippen molar-refractivity contribution in [2.75, 3.05) is 6.54 Å². The van der Waals surface area contributed by atoms with Crippen LogP contribution >= 0.6 is 0 Å². The predicted molar refractivity (Wildman–Crippen MR) is 81.2 cm³/mol. The van der Waals surface area contributed by atoms with E-state index < -0.39 is 12.0 Å². The number of aliphatic carboxylic acids is 1. The molecule has 1 heterocycles. The first kappa shape index (κ1) is 13.8. The minimum absolute atomic E-state index is 0.0714. The van der Waals surface area contributed by atoms with Crippen molar-refractivity contribution in [2.45, 2.75) is 44.6 Å². The Morgan fingerprint density at radius 2 is 1.91 bits per heavy atom. The molecule has 2 saturated carbocycles. The van der Waals surface area contributed by atoms with Crippen molar-refractivity contribution in [3.63, 3.8) is 0 Å². The third-order valence-electron chi connectivity index (χ3n) is 5.89. The van der Waals surface area contributed by atoms with Crippen LogP contribution in [-0.4, -0.2) is 28.4 Å². The van der Waals surface area contributed by atoms with Crippen molar-refractivity contribution < 1.29 is 14.7 Å². The molecule has 4 rings (SSSR count). The zero-order valence-corrected chi connectivity index (χ0v) is 12.6. The lowest BCUT2D eigenvalue weighted by molar-refractivity contribution is -0.152. The normalized spacial score (nSPS) is 28.5. The van der Waals surface area contributed by atoms with E-state index in [2.05, 4.69) is 0 Å². The van der Waals surface area contributed by atoms with E-state index in [1.54, 1.807) is 4.90 Å². The van der Waals surface area contributed by atoms with Crippen LogP contribution in [0.2, 0.25) is 0 Å². The van der Waals surface area contributed by atoms with Crippen molar-refractivity contribution in [3.8, 4) is 0 Å². The monoisotopic (exact) mass is 299 g/mol. The Morgan fingerprint density at radius 1 is 1.18 bits per heavy atom. The van der Waals surface area contributed by atoms with Gasteiger partial charge in [-0.25, -0.2) is 4.79 Å². The molecule has 1 spiro atoms. The summed E-state index contributed by atoms with van der Waals surface area (Å²) >= 11 is 0. The molecular formula is C18H21NO3. The van der Waals surface area contributed by atoms with Crippen LogP contribution < -0.4 is 0 Å². The molecule has 0 aromatic heterocycles. The van der Waals surface area contributed by atoms with E-state index in [-0.39, 0.29) is 17.2 Å². The Hall–Kier alpha value is -1.84. The van der Waals surface area contributed by atoms with Crippen LogP contribution in [0.25, 0.3) is 0 Å². The smallest absolute Gasteiger partial charge is 0.331 e. The van der Waals surface area contributed by atoms with Gasteiger partial charge in [0.2, 0.25) is 5.91 Å².